The van der Waals surface area contributed by atoms with Gasteiger partial charge in [-0.2, -0.15) is 0 Å². The van der Waals surface area contributed by atoms with Gasteiger partial charge in [0.25, 0.3) is 5.91 Å². The van der Waals surface area contributed by atoms with E-state index < -0.39 is 5.54 Å². The average molecular weight is 377 g/mol. The molecule has 2 N–H and O–H groups in total. The number of carbonyl (C=O) groups is 1. The van der Waals surface area contributed by atoms with Crippen molar-refractivity contribution >= 4 is 11.9 Å². The second-order valence-corrected chi connectivity index (χ2v) is 7.95. The summed E-state index contributed by atoms with van der Waals surface area (Å²) in [5.74, 6) is 1.70. The highest BCUT2D eigenvalue weighted by atomic mass is 16.5. The first-order valence-electron chi connectivity index (χ1n) is 9.58. The third-order valence-electron chi connectivity index (χ3n) is 6.30. The van der Waals surface area contributed by atoms with Gasteiger partial charge in [-0.05, 0) is 54.7 Å². The summed E-state index contributed by atoms with van der Waals surface area (Å²) in [4.78, 5) is 19.4. The highest BCUT2D eigenvalue weighted by molar-refractivity contribution is 6.07. The Balaban J connectivity index is 1.68. The number of nitrogens with two attached hydrogens (primary N) is 1. The number of amides is 1. The normalized spacial score (nSPS) is 24.6. The maximum atomic E-state index is 13.3. The van der Waals surface area contributed by atoms with Crippen LogP contribution in [0.4, 0.5) is 0 Å². The van der Waals surface area contributed by atoms with E-state index in [2.05, 4.69) is 0 Å². The van der Waals surface area contributed by atoms with Crippen molar-refractivity contribution in [2.24, 2.45) is 10.7 Å². The Morgan fingerprint density at radius 2 is 1.96 bits per heavy atom. The number of carbonyl (C=O) groups excluding carboxylic acids is 1. The summed E-state index contributed by atoms with van der Waals surface area (Å²) in [6, 6.07) is 13.9. The van der Waals surface area contributed by atoms with E-state index in [0.717, 1.165) is 47.5 Å². The second kappa shape index (κ2) is 5.74. The van der Waals surface area contributed by atoms with Crippen molar-refractivity contribution in [3.63, 3.8) is 0 Å². The first-order chi connectivity index (χ1) is 13.5. The summed E-state index contributed by atoms with van der Waals surface area (Å²) in [6.45, 7) is 0. The zero-order valence-corrected chi connectivity index (χ0v) is 16.1. The lowest BCUT2D eigenvalue weighted by atomic mass is 9.67. The Morgan fingerprint density at radius 1 is 1.18 bits per heavy atom. The van der Waals surface area contributed by atoms with Crippen molar-refractivity contribution in [2.75, 3.05) is 14.2 Å². The number of methoxy groups -OCH3 is 1. The minimum absolute atomic E-state index is 0.0800. The molecule has 2 heterocycles. The monoisotopic (exact) mass is 377 g/mol. The molecule has 0 aromatic heterocycles. The summed E-state index contributed by atoms with van der Waals surface area (Å²) < 4.78 is 11.7. The molecular weight excluding hydrogens is 354 g/mol. The molecule has 2 aromatic carbocycles. The quantitative estimate of drug-likeness (QED) is 0.873. The minimum Gasteiger partial charge on any atom is -0.497 e. The number of nitrogens with zero attached hydrogens (tertiary/aromatic N) is 2. The van der Waals surface area contributed by atoms with Gasteiger partial charge < -0.3 is 15.2 Å². The predicted molar refractivity (Wildman–Crippen MR) is 106 cm³/mol. The first-order valence-corrected chi connectivity index (χ1v) is 9.58. The van der Waals surface area contributed by atoms with E-state index in [1.54, 1.807) is 14.2 Å². The van der Waals surface area contributed by atoms with Crippen LogP contribution >= 0.6 is 0 Å². The number of hydrogen-bond acceptors (Lipinski definition) is 5. The van der Waals surface area contributed by atoms with E-state index in [1.807, 2.05) is 42.5 Å². The van der Waals surface area contributed by atoms with E-state index >= 15 is 0 Å². The molecule has 0 bridgehead atoms. The molecule has 6 nitrogen and oxygen atoms in total. The number of guanidine groups is 1. The summed E-state index contributed by atoms with van der Waals surface area (Å²) in [5, 5.41) is 0. The third kappa shape index (κ3) is 2.27. The van der Waals surface area contributed by atoms with Gasteiger partial charge in [0.05, 0.1) is 7.11 Å². The summed E-state index contributed by atoms with van der Waals surface area (Å²) in [5.41, 5.74) is 7.55. The van der Waals surface area contributed by atoms with E-state index in [0.29, 0.717) is 6.42 Å². The Labute approximate surface area is 164 Å². The second-order valence-electron chi connectivity index (χ2n) is 7.95. The number of likely N-dealkylation sites (N-methyl/N-ethyl adjacent to an activating group) is 1. The fraction of sp³-hybridized carbons (Fsp3) is 0.364. The van der Waals surface area contributed by atoms with Crippen molar-refractivity contribution in [3.05, 3.63) is 48.0 Å². The maximum absolute atomic E-state index is 13.3. The van der Waals surface area contributed by atoms with Crippen LogP contribution in [-0.4, -0.2) is 36.5 Å². The average Bonchev–Trinajstić information content (AvgIpc) is 2.90. The molecule has 5 rings (SSSR count). The highest BCUT2D eigenvalue weighted by Crippen LogP contribution is 2.55. The first kappa shape index (κ1) is 17.1. The standard InChI is InChI=1S/C22H23N3O3/c1-25-19(26)22(24-20(25)23)13-21(9-4-10-21)28-18-8-7-15(12-17(18)22)14-5-3-6-16(11-14)27-2/h3,5-8,11-12H,4,9-10,13H2,1-2H3,(H2,23,24). The summed E-state index contributed by atoms with van der Waals surface area (Å²) >= 11 is 0. The Hall–Kier alpha value is -3.02. The highest BCUT2D eigenvalue weighted by Gasteiger charge is 2.59. The Kier molecular flexibility index (Phi) is 3.50. The zero-order valence-electron chi connectivity index (χ0n) is 16.1. The summed E-state index contributed by atoms with van der Waals surface area (Å²) in [7, 11) is 3.34. The molecule has 6 heteroatoms. The van der Waals surface area contributed by atoms with Crippen LogP contribution in [0.2, 0.25) is 0 Å². The lowest BCUT2D eigenvalue weighted by Gasteiger charge is -2.50. The molecule has 2 aromatic rings. The van der Waals surface area contributed by atoms with Crippen LogP contribution in [0, 0.1) is 0 Å². The van der Waals surface area contributed by atoms with Crippen molar-refractivity contribution in [3.8, 4) is 22.6 Å². The van der Waals surface area contributed by atoms with E-state index in [-0.39, 0.29) is 17.5 Å². The van der Waals surface area contributed by atoms with Crippen LogP contribution in [0.1, 0.15) is 31.2 Å². The number of fused-ring (bicyclic) bond motifs is 2. The smallest absolute Gasteiger partial charge is 0.261 e. The largest absolute Gasteiger partial charge is 0.497 e. The van der Waals surface area contributed by atoms with Crippen molar-refractivity contribution in [1.29, 1.82) is 0 Å². The van der Waals surface area contributed by atoms with Crippen LogP contribution in [0.5, 0.6) is 11.5 Å². The Bertz CT molecular complexity index is 1010. The molecule has 1 unspecified atom stereocenters. The van der Waals surface area contributed by atoms with E-state index in [9.17, 15) is 4.79 Å². The number of aliphatic imine (C=N–C) groups is 1. The van der Waals surface area contributed by atoms with Gasteiger partial charge in [0.1, 0.15) is 17.1 Å². The van der Waals surface area contributed by atoms with Gasteiger partial charge in [-0.25, -0.2) is 4.99 Å². The molecule has 1 aliphatic carbocycles. The van der Waals surface area contributed by atoms with E-state index in [1.165, 1.54) is 4.90 Å². The molecular formula is C22H23N3O3. The van der Waals surface area contributed by atoms with Gasteiger partial charge >= 0.3 is 0 Å². The van der Waals surface area contributed by atoms with Crippen molar-refractivity contribution < 1.29 is 14.3 Å². The molecule has 2 spiro atoms. The van der Waals surface area contributed by atoms with Gasteiger partial charge in [0.15, 0.2) is 11.5 Å². The molecule has 1 amide bonds. The van der Waals surface area contributed by atoms with Gasteiger partial charge in [-0.1, -0.05) is 18.2 Å². The van der Waals surface area contributed by atoms with Crippen molar-refractivity contribution in [2.45, 2.75) is 36.8 Å². The number of benzene rings is 2. The number of hydrogen-bond donors (Lipinski definition) is 1. The SMILES string of the molecule is COc1cccc(-c2ccc3c(c2)C2(CC4(CCC4)O3)N=C(N)N(C)C2=O)c1. The molecule has 0 saturated heterocycles. The molecule has 1 saturated carbocycles. The molecule has 3 aliphatic rings. The molecule has 2 aliphatic heterocycles. The minimum atomic E-state index is -0.998. The van der Waals surface area contributed by atoms with Crippen LogP contribution in [0.25, 0.3) is 11.1 Å². The summed E-state index contributed by atoms with van der Waals surface area (Å²) in [6.07, 6.45) is 3.53. The maximum Gasteiger partial charge on any atom is 0.261 e. The number of rotatable bonds is 2. The lowest BCUT2D eigenvalue weighted by Crippen LogP contribution is -2.54. The predicted octanol–water partition coefficient (Wildman–Crippen LogP) is 3.05. The molecule has 0 radical (unpaired) electrons. The van der Waals surface area contributed by atoms with Gasteiger partial charge in [0, 0.05) is 19.0 Å². The fourth-order valence-corrected chi connectivity index (χ4v) is 4.60. The van der Waals surface area contributed by atoms with Gasteiger partial charge in [-0.15, -0.1) is 0 Å². The fourth-order valence-electron chi connectivity index (χ4n) is 4.60. The van der Waals surface area contributed by atoms with Gasteiger partial charge in [0.2, 0.25) is 0 Å². The van der Waals surface area contributed by atoms with E-state index in [4.69, 9.17) is 20.2 Å². The molecule has 1 fully saturated rings. The molecule has 144 valence electrons. The molecule has 1 atom stereocenters. The zero-order chi connectivity index (χ0) is 19.5. The number of ether oxygens (including phenoxy) is 2. The third-order valence-corrected chi connectivity index (χ3v) is 6.30. The topological polar surface area (TPSA) is 77.2 Å². The van der Waals surface area contributed by atoms with Crippen molar-refractivity contribution in [1.82, 2.24) is 4.90 Å². The van der Waals surface area contributed by atoms with Crippen LogP contribution < -0.4 is 15.2 Å². The molecule has 28 heavy (non-hydrogen) atoms. The van der Waals surface area contributed by atoms with Crippen LogP contribution in [0.15, 0.2) is 47.5 Å². The van der Waals surface area contributed by atoms with Crippen LogP contribution in [-0.2, 0) is 10.3 Å². The van der Waals surface area contributed by atoms with Gasteiger partial charge in [-0.3, -0.25) is 9.69 Å². The Morgan fingerprint density at radius 3 is 2.61 bits per heavy atom. The van der Waals surface area contributed by atoms with Crippen LogP contribution in [0.3, 0.4) is 0 Å². The lowest BCUT2D eigenvalue weighted by molar-refractivity contribution is -0.136.